The summed E-state index contributed by atoms with van der Waals surface area (Å²) < 4.78 is 0. The summed E-state index contributed by atoms with van der Waals surface area (Å²) >= 11 is 0. The molecule has 0 unspecified atom stereocenters. The SMILES string of the molecule is c1ccc(-c2ccc3cc(N(c4ccc5ccccc5c4)c4ccc5ccccc5c4)c4ccc(-c5ccccc5)cc4c3c2)cc1. The van der Waals surface area contributed by atoms with Crippen LogP contribution in [0.15, 0.2) is 188 Å². The summed E-state index contributed by atoms with van der Waals surface area (Å²) in [4.78, 5) is 2.44. The van der Waals surface area contributed by atoms with Crippen molar-refractivity contribution in [3.05, 3.63) is 188 Å². The summed E-state index contributed by atoms with van der Waals surface area (Å²) in [6.45, 7) is 0. The topological polar surface area (TPSA) is 3.24 Å². The first-order valence-corrected chi connectivity index (χ1v) is 16.2. The van der Waals surface area contributed by atoms with Gasteiger partial charge in [0.1, 0.15) is 0 Å². The summed E-state index contributed by atoms with van der Waals surface area (Å²) in [7, 11) is 0. The molecule has 0 saturated carbocycles. The van der Waals surface area contributed by atoms with Crippen molar-refractivity contribution in [3.8, 4) is 22.3 Å². The monoisotopic (exact) mass is 597 g/mol. The molecule has 0 aromatic heterocycles. The molecule has 0 radical (unpaired) electrons. The number of benzene rings is 9. The molecule has 9 aromatic rings. The van der Waals surface area contributed by atoms with Gasteiger partial charge in [0.2, 0.25) is 0 Å². The third-order valence-corrected chi connectivity index (χ3v) is 9.37. The highest BCUT2D eigenvalue weighted by molar-refractivity contribution is 6.16. The largest absolute Gasteiger partial charge is 0.310 e. The molecule has 9 rings (SSSR count). The van der Waals surface area contributed by atoms with Crippen molar-refractivity contribution in [1.29, 1.82) is 0 Å². The molecule has 0 aliphatic rings. The van der Waals surface area contributed by atoms with Gasteiger partial charge in [0, 0.05) is 16.8 Å². The predicted octanol–water partition coefficient (Wildman–Crippen LogP) is 13.1. The molecule has 9 aromatic carbocycles. The quantitative estimate of drug-likeness (QED) is 0.178. The molecule has 47 heavy (non-hydrogen) atoms. The Morgan fingerprint density at radius 2 is 0.723 bits per heavy atom. The molecule has 0 aliphatic carbocycles. The zero-order valence-electron chi connectivity index (χ0n) is 25.8. The zero-order valence-corrected chi connectivity index (χ0v) is 25.8. The fraction of sp³-hybridized carbons (Fsp3) is 0. The van der Waals surface area contributed by atoms with Gasteiger partial charge in [0.25, 0.3) is 0 Å². The molecule has 0 bridgehead atoms. The third kappa shape index (κ3) is 4.90. The lowest BCUT2D eigenvalue weighted by Gasteiger charge is -2.28. The Labute approximate surface area is 274 Å². The Kier molecular flexibility index (Phi) is 6.54. The minimum absolute atomic E-state index is 1.13. The van der Waals surface area contributed by atoms with E-state index < -0.39 is 0 Å². The smallest absolute Gasteiger partial charge is 0.0546 e. The van der Waals surface area contributed by atoms with Crippen molar-refractivity contribution in [3.63, 3.8) is 0 Å². The van der Waals surface area contributed by atoms with E-state index in [0.717, 1.165) is 17.1 Å². The van der Waals surface area contributed by atoms with Gasteiger partial charge in [0.15, 0.2) is 0 Å². The molecule has 0 N–H and O–H groups in total. The van der Waals surface area contributed by atoms with E-state index in [1.165, 1.54) is 65.3 Å². The van der Waals surface area contributed by atoms with Crippen molar-refractivity contribution in [1.82, 2.24) is 0 Å². The summed E-state index contributed by atoms with van der Waals surface area (Å²) in [5.74, 6) is 0. The first-order valence-electron chi connectivity index (χ1n) is 16.2. The maximum atomic E-state index is 2.44. The van der Waals surface area contributed by atoms with Gasteiger partial charge in [0.05, 0.1) is 5.69 Å². The lowest BCUT2D eigenvalue weighted by Crippen LogP contribution is -2.10. The Hall–Kier alpha value is -6.18. The van der Waals surface area contributed by atoms with Crippen LogP contribution in [0.25, 0.3) is 65.3 Å². The fourth-order valence-corrected chi connectivity index (χ4v) is 7.00. The van der Waals surface area contributed by atoms with Gasteiger partial charge in [-0.15, -0.1) is 0 Å². The summed E-state index contributed by atoms with van der Waals surface area (Å²) in [6.07, 6.45) is 0. The van der Waals surface area contributed by atoms with Crippen LogP contribution in [0, 0.1) is 0 Å². The molecule has 0 heterocycles. The minimum atomic E-state index is 1.13. The molecule has 0 saturated heterocycles. The van der Waals surface area contributed by atoms with E-state index in [1.54, 1.807) is 0 Å². The molecule has 220 valence electrons. The normalized spacial score (nSPS) is 11.4. The molecule has 1 nitrogen and oxygen atoms in total. The van der Waals surface area contributed by atoms with Crippen molar-refractivity contribution in [2.24, 2.45) is 0 Å². The highest BCUT2D eigenvalue weighted by atomic mass is 15.1. The van der Waals surface area contributed by atoms with Gasteiger partial charge >= 0.3 is 0 Å². The number of fused-ring (bicyclic) bond motifs is 5. The van der Waals surface area contributed by atoms with E-state index in [4.69, 9.17) is 0 Å². The number of rotatable bonds is 5. The van der Waals surface area contributed by atoms with E-state index >= 15 is 0 Å². The van der Waals surface area contributed by atoms with Crippen LogP contribution in [-0.4, -0.2) is 0 Å². The van der Waals surface area contributed by atoms with Gasteiger partial charge in [-0.3, -0.25) is 0 Å². The first-order chi connectivity index (χ1) is 23.3. The van der Waals surface area contributed by atoms with Gasteiger partial charge < -0.3 is 4.90 Å². The van der Waals surface area contributed by atoms with E-state index in [0.29, 0.717) is 0 Å². The van der Waals surface area contributed by atoms with Crippen LogP contribution < -0.4 is 4.90 Å². The van der Waals surface area contributed by atoms with Crippen LogP contribution in [0.2, 0.25) is 0 Å². The van der Waals surface area contributed by atoms with E-state index in [2.05, 4.69) is 193 Å². The van der Waals surface area contributed by atoms with Gasteiger partial charge in [-0.1, -0.05) is 146 Å². The maximum absolute atomic E-state index is 2.44. The van der Waals surface area contributed by atoms with Crippen LogP contribution >= 0.6 is 0 Å². The van der Waals surface area contributed by atoms with Crippen LogP contribution in [0.4, 0.5) is 17.1 Å². The molecule has 1 heteroatoms. The Balaban J connectivity index is 1.35. The Morgan fingerprint density at radius 3 is 1.30 bits per heavy atom. The highest BCUT2D eigenvalue weighted by Gasteiger charge is 2.19. The molecular formula is C46H31N. The predicted molar refractivity (Wildman–Crippen MR) is 202 cm³/mol. The van der Waals surface area contributed by atoms with E-state index in [-0.39, 0.29) is 0 Å². The third-order valence-electron chi connectivity index (χ3n) is 9.37. The number of nitrogens with zero attached hydrogens (tertiary/aromatic N) is 1. The number of hydrogen-bond donors (Lipinski definition) is 0. The average Bonchev–Trinajstić information content (AvgIpc) is 3.15. The zero-order chi connectivity index (χ0) is 31.2. The minimum Gasteiger partial charge on any atom is -0.310 e. The molecule has 0 aliphatic heterocycles. The molecule has 0 fully saturated rings. The number of hydrogen-bond acceptors (Lipinski definition) is 1. The maximum Gasteiger partial charge on any atom is 0.0546 e. The van der Waals surface area contributed by atoms with Gasteiger partial charge in [-0.2, -0.15) is 0 Å². The molecule has 0 atom stereocenters. The summed E-state index contributed by atoms with van der Waals surface area (Å²) in [6, 6.07) is 68.4. The van der Waals surface area contributed by atoms with Crippen LogP contribution in [0.3, 0.4) is 0 Å². The summed E-state index contributed by atoms with van der Waals surface area (Å²) in [5, 5.41) is 9.83. The van der Waals surface area contributed by atoms with Gasteiger partial charge in [-0.25, -0.2) is 0 Å². The molecule has 0 spiro atoms. The van der Waals surface area contributed by atoms with Crippen molar-refractivity contribution >= 4 is 60.2 Å². The Bertz CT molecular complexity index is 2490. The molecule has 0 amide bonds. The highest BCUT2D eigenvalue weighted by Crippen LogP contribution is 2.45. The second-order valence-electron chi connectivity index (χ2n) is 12.2. The average molecular weight is 598 g/mol. The van der Waals surface area contributed by atoms with Crippen molar-refractivity contribution < 1.29 is 0 Å². The molecular weight excluding hydrogens is 567 g/mol. The standard InChI is InChI=1S/C46H31N/c1-3-11-32(12-4-1)38-19-20-40-31-46(43-26-23-39(30-45(43)44(40)29-38)33-13-5-2-6-14-33)47(41-24-21-34-15-7-9-17-36(34)27-41)42-25-22-35-16-8-10-18-37(35)28-42/h1-31H. The second kappa shape index (κ2) is 11.3. The number of anilines is 3. The van der Waals surface area contributed by atoms with Crippen molar-refractivity contribution in [2.45, 2.75) is 0 Å². The lowest BCUT2D eigenvalue weighted by atomic mass is 9.93. The van der Waals surface area contributed by atoms with Crippen LogP contribution in [0.5, 0.6) is 0 Å². The van der Waals surface area contributed by atoms with Gasteiger partial charge in [-0.05, 0) is 102 Å². The summed E-state index contributed by atoms with van der Waals surface area (Å²) in [5.41, 5.74) is 8.29. The van der Waals surface area contributed by atoms with Crippen molar-refractivity contribution in [2.75, 3.05) is 4.90 Å². The van der Waals surface area contributed by atoms with E-state index in [9.17, 15) is 0 Å². The Morgan fingerprint density at radius 1 is 0.255 bits per heavy atom. The van der Waals surface area contributed by atoms with Crippen LogP contribution in [0.1, 0.15) is 0 Å². The fourth-order valence-electron chi connectivity index (χ4n) is 7.00. The lowest BCUT2D eigenvalue weighted by molar-refractivity contribution is 1.31. The van der Waals surface area contributed by atoms with Crippen LogP contribution in [-0.2, 0) is 0 Å². The second-order valence-corrected chi connectivity index (χ2v) is 12.2. The first kappa shape index (κ1) is 27.2. The van der Waals surface area contributed by atoms with E-state index in [1.807, 2.05) is 0 Å².